The van der Waals surface area contributed by atoms with Crippen molar-refractivity contribution in [3.63, 3.8) is 0 Å². The third-order valence-corrected chi connectivity index (χ3v) is 12.8. The molecule has 0 saturated carbocycles. The van der Waals surface area contributed by atoms with Gasteiger partial charge in [-0.1, -0.05) is 152 Å². The molecule has 65 heavy (non-hydrogen) atoms. The lowest BCUT2D eigenvalue weighted by molar-refractivity contribution is 0.669. The molecule has 13 aromatic rings. The van der Waals surface area contributed by atoms with Crippen LogP contribution in [0, 0.1) is 11.3 Å². The highest BCUT2D eigenvalue weighted by molar-refractivity contribution is 6.21. The van der Waals surface area contributed by atoms with Gasteiger partial charge in [0.1, 0.15) is 22.8 Å². The molecule has 6 nitrogen and oxygen atoms in total. The summed E-state index contributed by atoms with van der Waals surface area (Å²) in [6, 6.07) is 76.2. The van der Waals surface area contributed by atoms with Crippen LogP contribution in [-0.2, 0) is 0 Å². The summed E-state index contributed by atoms with van der Waals surface area (Å²) in [4.78, 5) is 10.4. The molecule has 0 saturated heterocycles. The Morgan fingerprint density at radius 3 is 1.66 bits per heavy atom. The van der Waals surface area contributed by atoms with Gasteiger partial charge in [0.25, 0.3) is 0 Å². The first-order valence-corrected chi connectivity index (χ1v) is 21.7. The van der Waals surface area contributed by atoms with E-state index in [1.807, 2.05) is 72.8 Å². The van der Waals surface area contributed by atoms with Gasteiger partial charge in [0.2, 0.25) is 0 Å². The van der Waals surface area contributed by atoms with E-state index in [-0.39, 0.29) is 0 Å². The molecule has 0 atom stereocenters. The van der Waals surface area contributed by atoms with Crippen molar-refractivity contribution in [2.24, 2.45) is 0 Å². The average molecular weight is 830 g/mol. The lowest BCUT2D eigenvalue weighted by atomic mass is 9.99. The molecule has 0 aliphatic heterocycles. The maximum absolute atomic E-state index is 10.7. The van der Waals surface area contributed by atoms with Crippen LogP contribution in [0.2, 0.25) is 0 Å². The molecule has 9 aromatic carbocycles. The van der Waals surface area contributed by atoms with Gasteiger partial charge in [-0.3, -0.25) is 0 Å². The van der Waals surface area contributed by atoms with E-state index in [9.17, 15) is 5.26 Å². The molecule has 0 bridgehead atoms. The Morgan fingerprint density at radius 2 is 0.969 bits per heavy atom. The topological polar surface area (TPSA) is 72.6 Å². The summed E-state index contributed by atoms with van der Waals surface area (Å²) >= 11 is 0. The number of nitrogens with zero attached hydrogens (tertiary/aromatic N) is 5. The Labute approximate surface area is 373 Å². The van der Waals surface area contributed by atoms with E-state index in [1.54, 1.807) is 0 Å². The molecule has 0 aliphatic rings. The standard InChI is InChI=1S/C59H35N5O/c60-36-48-56(38-19-7-2-8-20-38)61-59(62-57(48)39-21-9-3-10-22-39)44-30-32-51(55-43-26-14-16-28-54(43)65-58(44)55)64-50-31-29-40(37-17-5-1-6-18-37)33-45(50)47-34-46-42-25-13-15-27-49(42)63(52(46)35-53(47)64)41-23-11-4-12-24-41/h1-35H. The van der Waals surface area contributed by atoms with Gasteiger partial charge in [0.15, 0.2) is 5.82 Å². The second-order valence-electron chi connectivity index (χ2n) is 16.4. The minimum absolute atomic E-state index is 0.419. The van der Waals surface area contributed by atoms with E-state index in [2.05, 4.69) is 155 Å². The molecule has 0 amide bonds. The maximum atomic E-state index is 10.7. The maximum Gasteiger partial charge on any atom is 0.164 e. The monoisotopic (exact) mass is 829 g/mol. The highest BCUT2D eigenvalue weighted by Crippen LogP contribution is 2.45. The summed E-state index contributed by atoms with van der Waals surface area (Å²) < 4.78 is 11.7. The Bertz CT molecular complexity index is 3990. The van der Waals surface area contributed by atoms with Crippen molar-refractivity contribution in [2.75, 3.05) is 0 Å². The van der Waals surface area contributed by atoms with Crippen LogP contribution in [0.15, 0.2) is 217 Å². The first-order valence-electron chi connectivity index (χ1n) is 21.7. The summed E-state index contributed by atoms with van der Waals surface area (Å²) in [5.41, 5.74) is 14.2. The predicted octanol–water partition coefficient (Wildman–Crippen LogP) is 15.1. The summed E-state index contributed by atoms with van der Waals surface area (Å²) in [6.45, 7) is 0. The lowest BCUT2D eigenvalue weighted by Crippen LogP contribution is -2.02. The molecule has 0 unspecified atom stereocenters. The molecule has 0 aliphatic carbocycles. The van der Waals surface area contributed by atoms with Gasteiger partial charge in [0.05, 0.1) is 50.1 Å². The number of fused-ring (bicyclic) bond motifs is 9. The van der Waals surface area contributed by atoms with Crippen molar-refractivity contribution in [1.29, 1.82) is 5.26 Å². The van der Waals surface area contributed by atoms with Crippen molar-refractivity contribution < 1.29 is 4.42 Å². The fourth-order valence-corrected chi connectivity index (χ4v) is 9.88. The van der Waals surface area contributed by atoms with Crippen molar-refractivity contribution in [2.45, 2.75) is 0 Å². The number of benzene rings is 9. The van der Waals surface area contributed by atoms with E-state index >= 15 is 0 Å². The van der Waals surface area contributed by atoms with Crippen LogP contribution in [0.4, 0.5) is 0 Å². The second-order valence-corrected chi connectivity index (χ2v) is 16.4. The summed E-state index contributed by atoms with van der Waals surface area (Å²) in [6.07, 6.45) is 0. The highest BCUT2D eigenvalue weighted by Gasteiger charge is 2.26. The first-order chi connectivity index (χ1) is 32.2. The van der Waals surface area contributed by atoms with Crippen molar-refractivity contribution in [3.05, 3.63) is 218 Å². The Hall–Kier alpha value is -9.05. The fraction of sp³-hybridized carbons (Fsp3) is 0. The van der Waals surface area contributed by atoms with Gasteiger partial charge >= 0.3 is 0 Å². The Kier molecular flexibility index (Phi) is 8.17. The third-order valence-electron chi connectivity index (χ3n) is 12.8. The molecule has 0 N–H and O–H groups in total. The molecular weight excluding hydrogens is 795 g/mol. The Balaban J connectivity index is 1.14. The highest BCUT2D eigenvalue weighted by atomic mass is 16.3. The minimum atomic E-state index is 0.419. The summed E-state index contributed by atoms with van der Waals surface area (Å²) in [5.74, 6) is 0.473. The van der Waals surface area contributed by atoms with Gasteiger partial charge in [-0.2, -0.15) is 5.26 Å². The van der Waals surface area contributed by atoms with E-state index in [4.69, 9.17) is 14.4 Å². The Morgan fingerprint density at radius 1 is 0.415 bits per heavy atom. The smallest absolute Gasteiger partial charge is 0.164 e. The first kappa shape index (κ1) is 36.6. The average Bonchev–Trinajstić information content (AvgIpc) is 4.03. The SMILES string of the molecule is N#Cc1c(-c2ccccc2)nc(-c2ccc(-n3c4ccc(-c5ccccc5)cc4c4cc5c6ccccc6n(-c6ccccc6)c5cc43)c3c2oc2ccccc23)nc1-c1ccccc1. The van der Waals surface area contributed by atoms with Gasteiger partial charge in [-0.15, -0.1) is 0 Å². The molecule has 302 valence electrons. The number of para-hydroxylation sites is 3. The zero-order chi connectivity index (χ0) is 43.0. The molecule has 0 radical (unpaired) electrons. The fourth-order valence-electron chi connectivity index (χ4n) is 9.88. The number of hydrogen-bond donors (Lipinski definition) is 0. The van der Waals surface area contributed by atoms with Crippen LogP contribution in [0.25, 0.3) is 122 Å². The van der Waals surface area contributed by atoms with Gasteiger partial charge in [-0.25, -0.2) is 9.97 Å². The summed E-state index contributed by atoms with van der Waals surface area (Å²) in [5, 5.41) is 17.3. The van der Waals surface area contributed by atoms with Gasteiger partial charge in [0, 0.05) is 43.7 Å². The van der Waals surface area contributed by atoms with Crippen LogP contribution in [0.3, 0.4) is 0 Å². The third kappa shape index (κ3) is 5.66. The zero-order valence-corrected chi connectivity index (χ0v) is 34.9. The van der Waals surface area contributed by atoms with Crippen LogP contribution in [0.1, 0.15) is 5.56 Å². The number of hydrogen-bond acceptors (Lipinski definition) is 4. The minimum Gasteiger partial charge on any atom is -0.455 e. The zero-order valence-electron chi connectivity index (χ0n) is 34.9. The van der Waals surface area contributed by atoms with Crippen LogP contribution in [-0.4, -0.2) is 19.1 Å². The van der Waals surface area contributed by atoms with E-state index in [0.29, 0.717) is 28.4 Å². The number of aromatic nitrogens is 4. The second kappa shape index (κ2) is 14.5. The van der Waals surface area contributed by atoms with E-state index in [0.717, 1.165) is 88.4 Å². The molecule has 0 spiro atoms. The van der Waals surface area contributed by atoms with Crippen molar-refractivity contribution >= 4 is 65.6 Å². The predicted molar refractivity (Wildman–Crippen MR) is 264 cm³/mol. The molecule has 4 heterocycles. The van der Waals surface area contributed by atoms with Crippen LogP contribution < -0.4 is 0 Å². The summed E-state index contributed by atoms with van der Waals surface area (Å²) in [7, 11) is 0. The van der Waals surface area contributed by atoms with Crippen LogP contribution >= 0.6 is 0 Å². The van der Waals surface area contributed by atoms with Gasteiger partial charge < -0.3 is 13.6 Å². The van der Waals surface area contributed by atoms with Crippen LogP contribution in [0.5, 0.6) is 0 Å². The molecule has 13 rings (SSSR count). The number of rotatable bonds is 6. The van der Waals surface area contributed by atoms with E-state index < -0.39 is 0 Å². The largest absolute Gasteiger partial charge is 0.455 e. The quantitative estimate of drug-likeness (QED) is 0.167. The number of furan rings is 1. The number of nitriles is 1. The van der Waals surface area contributed by atoms with E-state index in [1.165, 1.54) is 10.8 Å². The van der Waals surface area contributed by atoms with Crippen molar-refractivity contribution in [1.82, 2.24) is 19.1 Å². The molecule has 0 fully saturated rings. The lowest BCUT2D eigenvalue weighted by Gasteiger charge is -2.14. The normalized spacial score (nSPS) is 11.7. The molecular formula is C59H35N5O. The molecule has 4 aromatic heterocycles. The molecule has 6 heteroatoms. The van der Waals surface area contributed by atoms with Gasteiger partial charge in [-0.05, 0) is 71.8 Å². The van der Waals surface area contributed by atoms with Crippen molar-refractivity contribution in [3.8, 4) is 62.5 Å².